The Balaban J connectivity index is 0.000000190. The van der Waals surface area contributed by atoms with E-state index in [1.54, 1.807) is 4.68 Å². The molecule has 0 spiro atoms. The Hall–Kier alpha value is -9.31. The minimum atomic E-state index is -1.18. The van der Waals surface area contributed by atoms with Crippen molar-refractivity contribution < 1.29 is 38.1 Å². The van der Waals surface area contributed by atoms with Crippen LogP contribution >= 0.6 is 0 Å². The van der Waals surface area contributed by atoms with E-state index in [0.717, 1.165) is 45.5 Å². The molecule has 9 rings (SSSR count). The number of aromatic amines is 1. The molecule has 3 amide bonds. The molecule has 0 aliphatic rings. The lowest BCUT2D eigenvalue weighted by Gasteiger charge is -2.19. The molecule has 0 radical (unpaired) electrons. The highest BCUT2D eigenvalue weighted by molar-refractivity contribution is 6.76. The van der Waals surface area contributed by atoms with Gasteiger partial charge in [-0.3, -0.25) is 0 Å². The van der Waals surface area contributed by atoms with Crippen molar-refractivity contribution in [1.29, 1.82) is 0 Å². The second-order valence-electron chi connectivity index (χ2n) is 22.9. The molecule has 0 saturated heterocycles. The average Bonchev–Trinajstić information content (AvgIpc) is 4.00. The predicted octanol–water partition coefficient (Wildman–Crippen LogP) is 10.8. The summed E-state index contributed by atoms with van der Waals surface area (Å²) in [4.78, 5) is 38.5. The minimum absolute atomic E-state index is 0.190. The maximum atomic E-state index is 12.6. The Morgan fingerprint density at radius 3 is 1.23 bits per heavy atom. The van der Waals surface area contributed by atoms with Crippen molar-refractivity contribution in [3.8, 4) is 0 Å². The first-order valence-electron chi connectivity index (χ1n) is 29.1. The van der Waals surface area contributed by atoms with Crippen LogP contribution in [0.3, 0.4) is 0 Å². The van der Waals surface area contributed by atoms with Crippen molar-refractivity contribution in [2.24, 2.45) is 0 Å². The standard InChI is InChI=1S/2C23H31N5O3Si.C17H17N5O2/c1-32(2,3)15-14-30-18-28-22(25-26-27-28)21(16-19-10-6-4-7-11-19)24-23(29)31-17-20-12-8-5-9-13-20;1-32(2,3)15-14-30-18-28-26-22(25-27-28)21(16-19-10-6-4-7-11-19)24-23(29)31-17-20-12-8-5-9-13-20;23-17(24-12-14-9-5-2-6-10-14)18-15(16-19-21-22-20-16)11-13-7-3-1-4-8-13/h2*4-13,21H,14-18H2,1-3H3,(H,24,29);1-10,15H,11-12H2,(H,18,23)(H,19,20,21,22). The third-order valence-electron chi connectivity index (χ3n) is 13.1. The van der Waals surface area contributed by atoms with Crippen LogP contribution < -0.4 is 16.0 Å². The largest absolute Gasteiger partial charge is 0.445 e. The van der Waals surface area contributed by atoms with Gasteiger partial charge in [-0.1, -0.05) is 226 Å². The van der Waals surface area contributed by atoms with Crippen LogP contribution in [-0.4, -0.2) is 109 Å². The Morgan fingerprint density at radius 2 is 0.830 bits per heavy atom. The third-order valence-corrected chi connectivity index (χ3v) is 16.5. The van der Waals surface area contributed by atoms with Crippen molar-refractivity contribution in [3.63, 3.8) is 0 Å². The fourth-order valence-corrected chi connectivity index (χ4v) is 9.78. The molecule has 0 fully saturated rings. The van der Waals surface area contributed by atoms with Crippen molar-refractivity contribution in [2.75, 3.05) is 13.2 Å². The predicted molar refractivity (Wildman–Crippen MR) is 336 cm³/mol. The second-order valence-corrected chi connectivity index (χ2v) is 34.1. The summed E-state index contributed by atoms with van der Waals surface area (Å²) in [5, 5.41) is 47.2. The number of amides is 3. The molecule has 0 bridgehead atoms. The van der Waals surface area contributed by atoms with Gasteiger partial charge < -0.3 is 39.6 Å². The van der Waals surface area contributed by atoms with Gasteiger partial charge in [-0.15, -0.1) is 30.3 Å². The lowest BCUT2D eigenvalue weighted by molar-refractivity contribution is 0.0670. The number of hydrogen-bond donors (Lipinski definition) is 4. The number of carbonyl (C=O) groups excluding carboxylic acids is 3. The fraction of sp³-hybridized carbons (Fsp3) is 0.333. The first-order chi connectivity index (χ1) is 42.6. The number of ether oxygens (including phenoxy) is 5. The second kappa shape index (κ2) is 35.4. The van der Waals surface area contributed by atoms with Gasteiger partial charge in [-0.2, -0.15) is 5.21 Å². The van der Waals surface area contributed by atoms with Gasteiger partial charge >= 0.3 is 18.3 Å². The number of benzene rings is 6. The van der Waals surface area contributed by atoms with E-state index in [2.05, 4.69) is 107 Å². The number of rotatable bonds is 28. The summed E-state index contributed by atoms with van der Waals surface area (Å²) in [5.74, 6) is 1.35. The SMILES string of the molecule is C[Si](C)(C)CCOCn1nnc(C(Cc2ccccc2)NC(=O)OCc2ccccc2)n1.C[Si](C)(C)CCOCn1nnnc1C(Cc1ccccc1)NC(=O)OCc1ccccc1.O=C(NC(Cc1ccccc1)c1nn[nH]n1)OCc1ccccc1. The van der Waals surface area contributed by atoms with Crippen LogP contribution in [0.5, 0.6) is 0 Å². The summed E-state index contributed by atoms with van der Waals surface area (Å²) in [6.07, 6.45) is 0.00645. The van der Waals surface area contributed by atoms with E-state index in [4.69, 9.17) is 23.7 Å². The van der Waals surface area contributed by atoms with Crippen LogP contribution in [-0.2, 0) is 76.2 Å². The molecule has 3 heterocycles. The van der Waals surface area contributed by atoms with Crippen LogP contribution in [0.2, 0.25) is 51.4 Å². The first-order valence-corrected chi connectivity index (χ1v) is 36.5. The van der Waals surface area contributed by atoms with Crippen LogP contribution in [0.4, 0.5) is 14.4 Å². The summed E-state index contributed by atoms with van der Waals surface area (Å²) in [5.41, 5.74) is 5.91. The maximum Gasteiger partial charge on any atom is 0.408 e. The molecule has 6 aromatic carbocycles. The number of alkyl carbamates (subject to hydrolysis) is 3. The van der Waals surface area contributed by atoms with Gasteiger partial charge in [0.05, 0.1) is 6.04 Å². The van der Waals surface area contributed by atoms with E-state index in [-0.39, 0.29) is 33.3 Å². The van der Waals surface area contributed by atoms with E-state index in [0.29, 0.717) is 49.9 Å². The van der Waals surface area contributed by atoms with Gasteiger partial charge in [-0.05, 0) is 61.1 Å². The molecule has 0 aliphatic heterocycles. The topological polar surface area (TPSA) is 275 Å². The molecule has 23 nitrogen and oxygen atoms in total. The van der Waals surface area contributed by atoms with Gasteiger partial charge in [0.25, 0.3) is 0 Å². The zero-order chi connectivity index (χ0) is 62.2. The summed E-state index contributed by atoms with van der Waals surface area (Å²) in [6, 6.07) is 58.9. The summed E-state index contributed by atoms with van der Waals surface area (Å²) in [6.45, 7) is 16.2. The van der Waals surface area contributed by atoms with Crippen molar-refractivity contribution in [3.05, 3.63) is 233 Å². The molecular formula is C63H79N15O8Si2. The van der Waals surface area contributed by atoms with Gasteiger partial charge in [0.15, 0.2) is 24.2 Å². The highest BCUT2D eigenvalue weighted by Crippen LogP contribution is 2.20. The van der Waals surface area contributed by atoms with Crippen molar-refractivity contribution in [1.82, 2.24) is 77.0 Å². The molecule has 3 atom stereocenters. The Labute approximate surface area is 515 Å². The smallest absolute Gasteiger partial charge is 0.408 e. The van der Waals surface area contributed by atoms with Crippen LogP contribution in [0, 0.1) is 0 Å². The molecule has 462 valence electrons. The number of carbonyl (C=O) groups is 3. The average molecular weight is 1230 g/mol. The third kappa shape index (κ3) is 25.3. The van der Waals surface area contributed by atoms with Crippen LogP contribution in [0.15, 0.2) is 182 Å². The number of H-pyrrole nitrogens is 1. The molecule has 0 aliphatic carbocycles. The Bertz CT molecular complexity index is 3380. The lowest BCUT2D eigenvalue weighted by atomic mass is 10.1. The van der Waals surface area contributed by atoms with Gasteiger partial charge in [-0.25, -0.2) is 19.1 Å². The summed E-state index contributed by atoms with van der Waals surface area (Å²) in [7, 11) is -2.34. The highest BCUT2D eigenvalue weighted by Gasteiger charge is 2.25. The number of tetrazole rings is 3. The van der Waals surface area contributed by atoms with Crippen LogP contribution in [0.25, 0.3) is 0 Å². The van der Waals surface area contributed by atoms with Gasteiger partial charge in [0.1, 0.15) is 38.6 Å². The fourth-order valence-electron chi connectivity index (χ4n) is 8.27. The Kier molecular flexibility index (Phi) is 26.6. The molecule has 25 heteroatoms. The van der Waals surface area contributed by atoms with Gasteiger partial charge in [0.2, 0.25) is 0 Å². The molecule has 9 aromatic rings. The first kappa shape index (κ1) is 66.2. The zero-order valence-corrected chi connectivity index (χ0v) is 52.7. The molecule has 3 unspecified atom stereocenters. The molecule has 4 N–H and O–H groups in total. The lowest BCUT2D eigenvalue weighted by Crippen LogP contribution is -2.33. The van der Waals surface area contributed by atoms with E-state index >= 15 is 0 Å². The Morgan fingerprint density at radius 1 is 0.455 bits per heavy atom. The molecular weight excluding hydrogens is 1150 g/mol. The van der Waals surface area contributed by atoms with E-state index in [9.17, 15) is 14.4 Å². The number of hydrogen-bond acceptors (Lipinski definition) is 17. The maximum absolute atomic E-state index is 12.6. The van der Waals surface area contributed by atoms with Crippen LogP contribution in [0.1, 0.15) is 69.0 Å². The monoisotopic (exact) mass is 1230 g/mol. The van der Waals surface area contributed by atoms with E-state index in [1.807, 2.05) is 182 Å². The summed E-state index contributed by atoms with van der Waals surface area (Å²) < 4.78 is 29.2. The number of aromatic nitrogens is 12. The minimum Gasteiger partial charge on any atom is -0.445 e. The van der Waals surface area contributed by atoms with E-state index in [1.165, 1.54) is 4.80 Å². The van der Waals surface area contributed by atoms with Crippen molar-refractivity contribution in [2.45, 2.75) is 122 Å². The normalized spacial score (nSPS) is 12.2. The van der Waals surface area contributed by atoms with Crippen molar-refractivity contribution >= 4 is 34.4 Å². The summed E-state index contributed by atoms with van der Waals surface area (Å²) >= 11 is 0. The molecule has 3 aromatic heterocycles. The van der Waals surface area contributed by atoms with E-state index < -0.39 is 52.6 Å². The quantitative estimate of drug-likeness (QED) is 0.0201. The number of nitrogens with one attached hydrogen (secondary N) is 4. The number of nitrogens with zero attached hydrogens (tertiary/aromatic N) is 11. The zero-order valence-electron chi connectivity index (χ0n) is 50.7. The molecule has 0 saturated carbocycles. The highest BCUT2D eigenvalue weighted by atomic mass is 28.3. The molecule has 88 heavy (non-hydrogen) atoms. The van der Waals surface area contributed by atoms with Gasteiger partial charge in [0, 0.05) is 48.6 Å².